The molecule has 1 aliphatic heterocycles. The second-order valence-corrected chi connectivity index (χ2v) is 7.78. The summed E-state index contributed by atoms with van der Waals surface area (Å²) < 4.78 is 10.5. The van der Waals surface area contributed by atoms with Gasteiger partial charge in [0.25, 0.3) is 0 Å². The van der Waals surface area contributed by atoms with Crippen molar-refractivity contribution in [1.29, 1.82) is 0 Å². The van der Waals surface area contributed by atoms with E-state index < -0.39 is 6.10 Å². The van der Waals surface area contributed by atoms with Crippen LogP contribution in [0, 0.1) is 0 Å². The van der Waals surface area contributed by atoms with Crippen molar-refractivity contribution >= 4 is 34.4 Å². The van der Waals surface area contributed by atoms with E-state index in [-0.39, 0.29) is 12.8 Å². The standard InChI is InChI=1S/C18H16N2O4S2/c21-17(15-2-1-7-25-15)16-6-4-12(26-16)9-19-18(22)20-11-3-5-13-14(8-11)24-10-23-13/h1-8,17,21H,9-10H2,(H2,19,20,22). The van der Waals surface area contributed by atoms with E-state index in [0.717, 1.165) is 14.6 Å². The Hall–Kier alpha value is -2.55. The van der Waals surface area contributed by atoms with Crippen LogP contribution in [0.4, 0.5) is 10.5 Å². The normalized spacial score (nSPS) is 13.4. The van der Waals surface area contributed by atoms with E-state index in [0.29, 0.717) is 23.7 Å². The van der Waals surface area contributed by atoms with Crippen LogP contribution >= 0.6 is 22.7 Å². The third kappa shape index (κ3) is 3.67. The topological polar surface area (TPSA) is 79.8 Å². The Kier molecular flexibility index (Phi) is 4.79. The van der Waals surface area contributed by atoms with Crippen molar-refractivity contribution in [2.24, 2.45) is 0 Å². The minimum absolute atomic E-state index is 0.197. The molecular formula is C18H16N2O4S2. The molecule has 26 heavy (non-hydrogen) atoms. The summed E-state index contributed by atoms with van der Waals surface area (Å²) in [5, 5.41) is 17.9. The molecule has 3 aromatic rings. The van der Waals surface area contributed by atoms with Crippen LogP contribution in [0.15, 0.2) is 47.8 Å². The highest BCUT2D eigenvalue weighted by atomic mass is 32.1. The summed E-state index contributed by atoms with van der Waals surface area (Å²) in [5.41, 5.74) is 0.631. The molecule has 2 aromatic heterocycles. The lowest BCUT2D eigenvalue weighted by Gasteiger charge is -2.08. The van der Waals surface area contributed by atoms with E-state index >= 15 is 0 Å². The monoisotopic (exact) mass is 388 g/mol. The van der Waals surface area contributed by atoms with Gasteiger partial charge in [0, 0.05) is 26.4 Å². The van der Waals surface area contributed by atoms with Crippen molar-refractivity contribution in [2.45, 2.75) is 12.6 Å². The van der Waals surface area contributed by atoms with Crippen molar-refractivity contribution in [3.63, 3.8) is 0 Å². The van der Waals surface area contributed by atoms with E-state index in [1.165, 1.54) is 22.7 Å². The number of benzene rings is 1. The Morgan fingerprint density at radius 3 is 2.88 bits per heavy atom. The fourth-order valence-corrected chi connectivity index (χ4v) is 4.30. The van der Waals surface area contributed by atoms with Crippen LogP contribution < -0.4 is 20.1 Å². The minimum Gasteiger partial charge on any atom is -0.454 e. The molecule has 0 radical (unpaired) electrons. The molecule has 1 aliphatic rings. The summed E-state index contributed by atoms with van der Waals surface area (Å²) in [6, 6.07) is 12.6. The molecule has 1 aromatic carbocycles. The van der Waals surface area contributed by atoms with Crippen LogP contribution in [0.5, 0.6) is 11.5 Å². The number of carbonyl (C=O) groups excluding carboxylic acids is 1. The number of fused-ring (bicyclic) bond motifs is 1. The van der Waals surface area contributed by atoms with Gasteiger partial charge in [0.1, 0.15) is 6.10 Å². The fourth-order valence-electron chi connectivity index (χ4n) is 2.54. The van der Waals surface area contributed by atoms with Gasteiger partial charge in [-0.15, -0.1) is 22.7 Å². The largest absolute Gasteiger partial charge is 0.454 e. The zero-order chi connectivity index (χ0) is 17.9. The molecule has 0 saturated heterocycles. The quantitative estimate of drug-likeness (QED) is 0.618. The van der Waals surface area contributed by atoms with Gasteiger partial charge in [-0.3, -0.25) is 0 Å². The molecule has 3 N–H and O–H groups in total. The Bertz CT molecular complexity index is 908. The Morgan fingerprint density at radius 2 is 2.04 bits per heavy atom. The molecule has 0 spiro atoms. The second-order valence-electron chi connectivity index (χ2n) is 5.60. The molecular weight excluding hydrogens is 372 g/mol. The van der Waals surface area contributed by atoms with E-state index in [1.54, 1.807) is 18.2 Å². The second kappa shape index (κ2) is 7.36. The predicted molar refractivity (Wildman–Crippen MR) is 101 cm³/mol. The summed E-state index contributed by atoms with van der Waals surface area (Å²) in [5.74, 6) is 1.29. The molecule has 1 unspecified atom stereocenters. The molecule has 0 saturated carbocycles. The number of carbonyl (C=O) groups is 1. The zero-order valence-electron chi connectivity index (χ0n) is 13.6. The molecule has 3 heterocycles. The summed E-state index contributed by atoms with van der Waals surface area (Å²) in [4.78, 5) is 14.8. The van der Waals surface area contributed by atoms with Gasteiger partial charge in [-0.25, -0.2) is 4.79 Å². The van der Waals surface area contributed by atoms with Gasteiger partial charge in [-0.05, 0) is 35.7 Å². The zero-order valence-corrected chi connectivity index (χ0v) is 15.2. The first-order valence-corrected chi connectivity index (χ1v) is 9.63. The summed E-state index contributed by atoms with van der Waals surface area (Å²) in [7, 11) is 0. The van der Waals surface area contributed by atoms with Crippen LogP contribution in [-0.4, -0.2) is 17.9 Å². The summed E-state index contributed by atoms with van der Waals surface area (Å²) >= 11 is 3.00. The summed E-state index contributed by atoms with van der Waals surface area (Å²) in [6.07, 6.45) is -0.615. The molecule has 0 fully saturated rings. The molecule has 2 amide bonds. The van der Waals surface area contributed by atoms with E-state index in [9.17, 15) is 9.90 Å². The highest BCUT2D eigenvalue weighted by molar-refractivity contribution is 7.12. The van der Waals surface area contributed by atoms with Crippen molar-refractivity contribution in [3.8, 4) is 11.5 Å². The van der Waals surface area contributed by atoms with Crippen molar-refractivity contribution in [1.82, 2.24) is 5.32 Å². The third-order valence-electron chi connectivity index (χ3n) is 3.82. The van der Waals surface area contributed by atoms with E-state index in [2.05, 4.69) is 10.6 Å². The molecule has 134 valence electrons. The van der Waals surface area contributed by atoms with Crippen molar-refractivity contribution in [2.75, 3.05) is 12.1 Å². The average Bonchev–Trinajstić information content (AvgIpc) is 3.40. The van der Waals surface area contributed by atoms with E-state index in [4.69, 9.17) is 9.47 Å². The lowest BCUT2D eigenvalue weighted by molar-refractivity contribution is 0.174. The number of thiophene rings is 2. The summed E-state index contributed by atoms with van der Waals surface area (Å²) in [6.45, 7) is 0.585. The smallest absolute Gasteiger partial charge is 0.319 e. The fraction of sp³-hybridized carbons (Fsp3) is 0.167. The van der Waals surface area contributed by atoms with Crippen LogP contribution in [0.2, 0.25) is 0 Å². The maximum atomic E-state index is 12.1. The molecule has 0 bridgehead atoms. The maximum absolute atomic E-state index is 12.1. The molecule has 4 rings (SSSR count). The Morgan fingerprint density at radius 1 is 1.15 bits per heavy atom. The van der Waals surface area contributed by atoms with Crippen LogP contribution in [-0.2, 0) is 6.54 Å². The number of rotatable bonds is 5. The van der Waals surface area contributed by atoms with E-state index in [1.807, 2.05) is 29.6 Å². The first-order valence-electron chi connectivity index (χ1n) is 7.93. The Labute approximate surface area is 158 Å². The number of aliphatic hydroxyl groups is 1. The highest BCUT2D eigenvalue weighted by Crippen LogP contribution is 2.34. The SMILES string of the molecule is O=C(NCc1ccc(C(O)c2cccs2)s1)Nc1ccc2c(c1)OCO2. The van der Waals surface area contributed by atoms with Crippen molar-refractivity contribution < 1.29 is 19.4 Å². The maximum Gasteiger partial charge on any atom is 0.319 e. The number of hydrogen-bond donors (Lipinski definition) is 3. The Balaban J connectivity index is 1.32. The number of ether oxygens (including phenoxy) is 2. The van der Waals surface area contributed by atoms with Crippen LogP contribution in [0.1, 0.15) is 20.7 Å². The number of urea groups is 1. The van der Waals surface area contributed by atoms with Gasteiger partial charge >= 0.3 is 6.03 Å². The van der Waals surface area contributed by atoms with Crippen LogP contribution in [0.25, 0.3) is 0 Å². The molecule has 0 aliphatic carbocycles. The van der Waals surface area contributed by atoms with Crippen LogP contribution in [0.3, 0.4) is 0 Å². The number of hydrogen-bond acceptors (Lipinski definition) is 6. The molecule has 6 nitrogen and oxygen atoms in total. The number of anilines is 1. The van der Waals surface area contributed by atoms with Gasteiger partial charge in [-0.2, -0.15) is 0 Å². The average molecular weight is 388 g/mol. The minimum atomic E-state index is -0.615. The highest BCUT2D eigenvalue weighted by Gasteiger charge is 2.15. The number of amides is 2. The third-order valence-corrected chi connectivity index (χ3v) is 5.88. The van der Waals surface area contributed by atoms with Gasteiger partial charge in [0.15, 0.2) is 11.5 Å². The lowest BCUT2D eigenvalue weighted by Crippen LogP contribution is -2.27. The number of aliphatic hydroxyl groups excluding tert-OH is 1. The number of nitrogens with one attached hydrogen (secondary N) is 2. The molecule has 8 heteroatoms. The first-order chi connectivity index (χ1) is 12.7. The predicted octanol–water partition coefficient (Wildman–Crippen LogP) is 3.94. The lowest BCUT2D eigenvalue weighted by atomic mass is 10.2. The van der Waals surface area contributed by atoms with Crippen molar-refractivity contribution in [3.05, 3.63) is 62.5 Å². The van der Waals surface area contributed by atoms with Gasteiger partial charge in [0.05, 0.1) is 6.54 Å². The molecule has 1 atom stereocenters. The first kappa shape index (κ1) is 16.9. The van der Waals surface area contributed by atoms with Gasteiger partial charge in [-0.1, -0.05) is 6.07 Å². The van der Waals surface area contributed by atoms with Gasteiger partial charge < -0.3 is 25.2 Å². The van der Waals surface area contributed by atoms with Gasteiger partial charge in [0.2, 0.25) is 6.79 Å².